The van der Waals surface area contributed by atoms with Crippen LogP contribution >= 0.6 is 11.6 Å². The summed E-state index contributed by atoms with van der Waals surface area (Å²) < 4.78 is 19.4. The second-order valence-corrected chi connectivity index (χ2v) is 6.15. The normalized spacial score (nSPS) is 17.2. The molecule has 2 heterocycles. The van der Waals surface area contributed by atoms with E-state index in [1.54, 1.807) is 20.8 Å². The van der Waals surface area contributed by atoms with Gasteiger partial charge < -0.3 is 10.1 Å². The van der Waals surface area contributed by atoms with Crippen LogP contribution in [0.4, 0.5) is 14.9 Å². The second-order valence-electron chi connectivity index (χ2n) is 5.76. The molecule has 0 radical (unpaired) electrons. The molecule has 0 unspecified atom stereocenters. The number of hydrogen-bond acceptors (Lipinski definition) is 4. The van der Waals surface area contributed by atoms with Gasteiger partial charge in [0.2, 0.25) is 0 Å². The molecule has 2 N–H and O–H groups in total. The van der Waals surface area contributed by atoms with Gasteiger partial charge in [0.05, 0.1) is 5.69 Å². The lowest BCUT2D eigenvalue weighted by Crippen LogP contribution is -2.54. The maximum atomic E-state index is 14.3. The molecule has 20 heavy (non-hydrogen) atoms. The maximum Gasteiger partial charge on any atom is 0.412 e. The van der Waals surface area contributed by atoms with Gasteiger partial charge in [-0.3, -0.25) is 5.32 Å². The third-order valence-electron chi connectivity index (χ3n) is 2.71. The number of ether oxygens (including phenoxy) is 1. The number of nitrogens with zero attached hydrogens (tertiary/aromatic N) is 1. The van der Waals surface area contributed by atoms with Crippen LogP contribution in [0.2, 0.25) is 5.15 Å². The van der Waals surface area contributed by atoms with E-state index in [-0.39, 0.29) is 23.9 Å². The van der Waals surface area contributed by atoms with E-state index in [0.717, 1.165) is 0 Å². The van der Waals surface area contributed by atoms with Crippen LogP contribution in [0.25, 0.3) is 0 Å². The average molecular weight is 302 g/mol. The van der Waals surface area contributed by atoms with Crippen LogP contribution < -0.4 is 10.6 Å². The molecule has 1 aliphatic heterocycles. The Morgan fingerprint density at radius 3 is 2.65 bits per heavy atom. The van der Waals surface area contributed by atoms with Gasteiger partial charge in [0.25, 0.3) is 0 Å². The zero-order valence-electron chi connectivity index (χ0n) is 11.6. The van der Waals surface area contributed by atoms with Gasteiger partial charge in [-0.25, -0.2) is 14.2 Å². The van der Waals surface area contributed by atoms with E-state index >= 15 is 0 Å². The first kappa shape index (κ1) is 15.0. The van der Waals surface area contributed by atoms with Crippen molar-refractivity contribution in [3.05, 3.63) is 23.0 Å². The number of nitrogens with one attached hydrogen (secondary N) is 2. The Balaban J connectivity index is 2.14. The summed E-state index contributed by atoms with van der Waals surface area (Å²) in [5, 5.41) is 5.49. The van der Waals surface area contributed by atoms with Crippen molar-refractivity contribution in [2.24, 2.45) is 0 Å². The highest BCUT2D eigenvalue weighted by Gasteiger charge is 2.40. The molecule has 2 rings (SSSR count). The summed E-state index contributed by atoms with van der Waals surface area (Å²) in [7, 11) is 0. The van der Waals surface area contributed by atoms with Crippen LogP contribution in [0.5, 0.6) is 0 Å². The molecule has 1 saturated heterocycles. The second kappa shape index (κ2) is 5.18. The van der Waals surface area contributed by atoms with Gasteiger partial charge in [0, 0.05) is 18.8 Å². The summed E-state index contributed by atoms with van der Waals surface area (Å²) in [5.74, 6) is 0. The van der Waals surface area contributed by atoms with E-state index in [1.807, 2.05) is 0 Å². The predicted molar refractivity (Wildman–Crippen MR) is 74.8 cm³/mol. The van der Waals surface area contributed by atoms with Crippen LogP contribution in [0.1, 0.15) is 26.5 Å². The predicted octanol–water partition coefficient (Wildman–Crippen LogP) is 2.85. The SMILES string of the molecule is CC(C)(C)OC(=O)Nc1cc(Cl)nc(C2(F)CNC2)c1. The molecule has 1 aromatic rings. The highest BCUT2D eigenvalue weighted by Crippen LogP contribution is 2.31. The summed E-state index contributed by atoms with van der Waals surface area (Å²) in [6.07, 6.45) is -0.620. The fourth-order valence-electron chi connectivity index (χ4n) is 1.75. The molecule has 0 aliphatic carbocycles. The van der Waals surface area contributed by atoms with Gasteiger partial charge in [-0.1, -0.05) is 11.6 Å². The molecule has 1 aromatic heterocycles. The van der Waals surface area contributed by atoms with E-state index < -0.39 is 17.4 Å². The van der Waals surface area contributed by atoms with E-state index in [9.17, 15) is 9.18 Å². The fourth-order valence-corrected chi connectivity index (χ4v) is 1.95. The molecule has 0 atom stereocenters. The smallest absolute Gasteiger partial charge is 0.412 e. The topological polar surface area (TPSA) is 63.2 Å². The lowest BCUT2D eigenvalue weighted by molar-refractivity contribution is 0.0635. The Labute approximate surface area is 121 Å². The summed E-state index contributed by atoms with van der Waals surface area (Å²) in [6.45, 7) is 5.65. The number of alkyl halides is 1. The standard InChI is InChI=1S/C13H17ClFN3O2/c1-12(2,3)20-11(19)17-8-4-9(18-10(14)5-8)13(15)6-16-7-13/h4-5,16H,6-7H2,1-3H3,(H,17,18,19). The quantitative estimate of drug-likeness (QED) is 0.825. The monoisotopic (exact) mass is 301 g/mol. The number of anilines is 1. The molecule has 1 fully saturated rings. The van der Waals surface area contributed by atoms with Crippen LogP contribution in [-0.2, 0) is 10.4 Å². The third kappa shape index (κ3) is 3.58. The van der Waals surface area contributed by atoms with Gasteiger partial charge in [0.15, 0.2) is 5.67 Å². The minimum atomic E-state index is -1.53. The first-order valence-electron chi connectivity index (χ1n) is 6.26. The van der Waals surface area contributed by atoms with Crippen LogP contribution in [-0.4, -0.2) is 29.8 Å². The van der Waals surface area contributed by atoms with Crippen LogP contribution in [0, 0.1) is 0 Å². The Bertz CT molecular complexity index is 527. The number of halogens is 2. The minimum Gasteiger partial charge on any atom is -0.444 e. The Kier molecular flexibility index (Phi) is 3.88. The third-order valence-corrected chi connectivity index (χ3v) is 2.90. The summed E-state index contributed by atoms with van der Waals surface area (Å²) >= 11 is 5.86. The maximum absolute atomic E-state index is 14.3. The number of amides is 1. The van der Waals surface area contributed by atoms with Crippen molar-refractivity contribution in [1.29, 1.82) is 0 Å². The van der Waals surface area contributed by atoms with Gasteiger partial charge in [-0.2, -0.15) is 0 Å². The Morgan fingerprint density at radius 1 is 1.50 bits per heavy atom. The van der Waals surface area contributed by atoms with Crippen molar-refractivity contribution in [3.63, 3.8) is 0 Å². The number of rotatable bonds is 2. The Morgan fingerprint density at radius 2 is 2.15 bits per heavy atom. The van der Waals surface area contributed by atoms with Crippen molar-refractivity contribution < 1.29 is 13.9 Å². The number of carbonyl (C=O) groups is 1. The molecular weight excluding hydrogens is 285 g/mol. The van der Waals surface area contributed by atoms with Crippen molar-refractivity contribution in [3.8, 4) is 0 Å². The number of carbonyl (C=O) groups excluding carboxylic acids is 1. The Hall–Kier alpha value is -1.40. The van der Waals surface area contributed by atoms with Gasteiger partial charge in [0.1, 0.15) is 10.8 Å². The molecule has 110 valence electrons. The first-order chi connectivity index (χ1) is 9.18. The molecule has 5 nitrogen and oxygen atoms in total. The molecule has 1 amide bonds. The molecule has 1 aliphatic rings. The van der Waals surface area contributed by atoms with E-state index in [2.05, 4.69) is 15.6 Å². The molecule has 0 aromatic carbocycles. The van der Waals surface area contributed by atoms with Crippen LogP contribution in [0.3, 0.4) is 0 Å². The lowest BCUT2D eigenvalue weighted by atomic mass is 9.94. The van der Waals surface area contributed by atoms with Crippen molar-refractivity contribution in [2.45, 2.75) is 32.0 Å². The lowest BCUT2D eigenvalue weighted by Gasteiger charge is -2.34. The van der Waals surface area contributed by atoms with Crippen molar-refractivity contribution >= 4 is 23.4 Å². The summed E-state index contributed by atoms with van der Waals surface area (Å²) in [4.78, 5) is 15.6. The number of hydrogen-bond donors (Lipinski definition) is 2. The number of pyridine rings is 1. The highest BCUT2D eigenvalue weighted by molar-refractivity contribution is 6.29. The zero-order chi connectivity index (χ0) is 15.0. The van der Waals surface area contributed by atoms with Gasteiger partial charge in [-0.05, 0) is 32.9 Å². The van der Waals surface area contributed by atoms with E-state index in [0.29, 0.717) is 5.69 Å². The summed E-state index contributed by atoms with van der Waals surface area (Å²) in [6, 6.07) is 2.92. The number of aromatic nitrogens is 1. The molecule has 0 bridgehead atoms. The molecule has 7 heteroatoms. The summed E-state index contributed by atoms with van der Waals surface area (Å²) in [5.41, 5.74) is -1.58. The van der Waals surface area contributed by atoms with E-state index in [4.69, 9.17) is 16.3 Å². The molecule has 0 spiro atoms. The minimum absolute atomic E-state index is 0.123. The van der Waals surface area contributed by atoms with Crippen LogP contribution in [0.15, 0.2) is 12.1 Å². The van der Waals surface area contributed by atoms with Gasteiger partial charge >= 0.3 is 6.09 Å². The van der Waals surface area contributed by atoms with Gasteiger partial charge in [-0.15, -0.1) is 0 Å². The average Bonchev–Trinajstić information content (AvgIpc) is 2.21. The first-order valence-corrected chi connectivity index (χ1v) is 6.63. The zero-order valence-corrected chi connectivity index (χ0v) is 12.3. The molecule has 0 saturated carbocycles. The fraction of sp³-hybridized carbons (Fsp3) is 0.538. The molecular formula is C13H17ClFN3O2. The largest absolute Gasteiger partial charge is 0.444 e. The van der Waals surface area contributed by atoms with E-state index in [1.165, 1.54) is 12.1 Å². The van der Waals surface area contributed by atoms with Crippen molar-refractivity contribution in [2.75, 3.05) is 18.4 Å². The highest BCUT2D eigenvalue weighted by atomic mass is 35.5. The van der Waals surface area contributed by atoms with Crippen molar-refractivity contribution in [1.82, 2.24) is 10.3 Å².